The predicted octanol–water partition coefficient (Wildman–Crippen LogP) is 0.792. The highest BCUT2D eigenvalue weighted by Crippen LogP contribution is 1.75. The Kier molecular flexibility index (Phi) is 48.0. The van der Waals surface area contributed by atoms with E-state index in [0.29, 0.717) is 11.8 Å². The van der Waals surface area contributed by atoms with Crippen LogP contribution in [-0.2, 0) is 0 Å². The van der Waals surface area contributed by atoms with Crippen molar-refractivity contribution in [2.75, 3.05) is 11.8 Å². The van der Waals surface area contributed by atoms with E-state index in [1.165, 1.54) is 0 Å². The number of hydrogen-bond donors (Lipinski definition) is 0. The summed E-state index contributed by atoms with van der Waals surface area (Å²) in [6, 6.07) is 0. The second-order valence-electron chi connectivity index (χ2n) is 0.378. The first kappa shape index (κ1) is 16.1. The zero-order valence-corrected chi connectivity index (χ0v) is 4.59. The fourth-order valence-corrected chi connectivity index (χ4v) is 0. The summed E-state index contributed by atoms with van der Waals surface area (Å²) in [6.45, 7) is 0. The molecule has 4 heteroatoms. The summed E-state index contributed by atoms with van der Waals surface area (Å²) in [4.78, 5) is 0. The minimum absolute atomic E-state index is 0. The van der Waals surface area contributed by atoms with Gasteiger partial charge in [0.1, 0.15) is 0 Å². The average molecular weight is 137 g/mol. The van der Waals surface area contributed by atoms with E-state index in [2.05, 4.69) is 0 Å². The Morgan fingerprint density at radius 2 is 1.17 bits per heavy atom. The van der Waals surface area contributed by atoms with Crippen LogP contribution in [0.15, 0.2) is 0 Å². The molecular formula is C2H7Cl2FO. The van der Waals surface area contributed by atoms with Gasteiger partial charge < -0.3 is 5.48 Å². The fraction of sp³-hybridized carbons (Fsp3) is 1.00. The smallest absolute Gasteiger partial charge is 0.0359 e. The lowest BCUT2D eigenvalue weighted by Crippen LogP contribution is -1.63. The van der Waals surface area contributed by atoms with Crippen LogP contribution in [0.3, 0.4) is 0 Å². The second-order valence-corrected chi connectivity index (χ2v) is 1.13. The normalized spacial score (nSPS) is 5.00. The number of alkyl halides is 2. The molecular weight excluding hydrogens is 130 g/mol. The van der Waals surface area contributed by atoms with Gasteiger partial charge in [-0.2, -0.15) is 0 Å². The first-order chi connectivity index (χ1) is 1.91. The Morgan fingerprint density at radius 3 is 1.17 bits per heavy atom. The topological polar surface area (TPSA) is 31.5 Å². The summed E-state index contributed by atoms with van der Waals surface area (Å²) in [6.07, 6.45) is 0. The predicted molar refractivity (Wildman–Crippen MR) is 27.6 cm³/mol. The molecule has 0 aromatic rings. The third kappa shape index (κ3) is 24.9. The quantitative estimate of drug-likeness (QED) is 0.478. The maximum absolute atomic E-state index is 5.05. The van der Waals surface area contributed by atoms with Gasteiger partial charge in [0.15, 0.2) is 0 Å². The molecule has 0 aliphatic carbocycles. The minimum atomic E-state index is 0. The maximum Gasteiger partial charge on any atom is 0.0359 e. The van der Waals surface area contributed by atoms with E-state index in [0.717, 1.165) is 0 Å². The molecule has 0 aromatic carbocycles. The summed E-state index contributed by atoms with van der Waals surface area (Å²) in [7, 11) is 0. The minimum Gasteiger partial charge on any atom is -0.412 e. The van der Waals surface area contributed by atoms with Crippen molar-refractivity contribution >= 4 is 23.2 Å². The van der Waals surface area contributed by atoms with Crippen LogP contribution in [0, 0.1) is 0 Å². The molecule has 0 aliphatic rings. The Morgan fingerprint density at radius 1 is 1.00 bits per heavy atom. The van der Waals surface area contributed by atoms with Crippen LogP contribution in [-0.4, -0.2) is 17.2 Å². The molecule has 0 spiro atoms. The van der Waals surface area contributed by atoms with E-state index in [-0.39, 0.29) is 10.2 Å². The van der Waals surface area contributed by atoms with Crippen molar-refractivity contribution in [3.8, 4) is 0 Å². The molecule has 0 atom stereocenters. The van der Waals surface area contributed by atoms with Crippen molar-refractivity contribution in [3.63, 3.8) is 0 Å². The molecule has 0 fully saturated rings. The zero-order chi connectivity index (χ0) is 3.41. The molecule has 42 valence electrons. The molecule has 0 bridgehead atoms. The first-order valence-electron chi connectivity index (χ1n) is 1.03. The van der Waals surface area contributed by atoms with Gasteiger partial charge in [0.25, 0.3) is 0 Å². The molecule has 2 N–H and O–H groups in total. The van der Waals surface area contributed by atoms with Gasteiger partial charge in [0.05, 0.1) is 0 Å². The molecule has 0 aliphatic heterocycles. The van der Waals surface area contributed by atoms with E-state index in [1.54, 1.807) is 0 Å². The van der Waals surface area contributed by atoms with Crippen LogP contribution >= 0.6 is 23.2 Å². The summed E-state index contributed by atoms with van der Waals surface area (Å²) >= 11 is 10.1. The molecule has 0 amide bonds. The Hall–Kier alpha value is 0.470. The summed E-state index contributed by atoms with van der Waals surface area (Å²) < 4.78 is 0. The van der Waals surface area contributed by atoms with Crippen molar-refractivity contribution in [1.29, 1.82) is 0 Å². The van der Waals surface area contributed by atoms with Crippen LogP contribution in [0.1, 0.15) is 0 Å². The Bertz CT molecular complexity index is 13.5. The average Bonchev–Trinajstić information content (AvgIpc) is 1.37. The highest BCUT2D eigenvalue weighted by molar-refractivity contribution is 6.25. The van der Waals surface area contributed by atoms with Gasteiger partial charge in [-0.25, -0.2) is 0 Å². The lowest BCUT2D eigenvalue weighted by Gasteiger charge is -1.63. The van der Waals surface area contributed by atoms with Crippen molar-refractivity contribution in [1.82, 2.24) is 0 Å². The number of rotatable bonds is 1. The van der Waals surface area contributed by atoms with Crippen LogP contribution < -0.4 is 0 Å². The van der Waals surface area contributed by atoms with Gasteiger partial charge in [0, 0.05) is 11.8 Å². The van der Waals surface area contributed by atoms with Crippen LogP contribution in [0.2, 0.25) is 0 Å². The molecule has 0 aromatic heterocycles. The maximum atomic E-state index is 5.05. The third-order valence-electron chi connectivity index (χ3n) is 0.0714. The number of hydrogen-bond acceptors (Lipinski definition) is 0. The summed E-state index contributed by atoms with van der Waals surface area (Å²) in [5.74, 6) is 1.11. The summed E-state index contributed by atoms with van der Waals surface area (Å²) in [5, 5.41) is 0. The standard InChI is InChI=1S/C2H4Cl2.FH.H2O/c3-1-2-4;;/h1-2H2;1H;1H2. The third-order valence-corrected chi connectivity index (χ3v) is 0.643. The largest absolute Gasteiger partial charge is 0.412 e. The van der Waals surface area contributed by atoms with E-state index in [1.807, 2.05) is 0 Å². The van der Waals surface area contributed by atoms with Crippen molar-refractivity contribution in [3.05, 3.63) is 0 Å². The van der Waals surface area contributed by atoms with Gasteiger partial charge in [-0.15, -0.1) is 23.2 Å². The first-order valence-corrected chi connectivity index (χ1v) is 2.10. The number of halogens is 3. The Balaban J connectivity index is -0.0000000450. The van der Waals surface area contributed by atoms with Gasteiger partial charge in [-0.05, 0) is 0 Å². The van der Waals surface area contributed by atoms with E-state index < -0.39 is 0 Å². The molecule has 0 radical (unpaired) electrons. The SMILES string of the molecule is ClCCCl.F.O. The molecule has 0 unspecified atom stereocenters. The van der Waals surface area contributed by atoms with Crippen molar-refractivity contribution in [2.24, 2.45) is 0 Å². The van der Waals surface area contributed by atoms with Gasteiger partial charge in [0.2, 0.25) is 0 Å². The van der Waals surface area contributed by atoms with Crippen LogP contribution in [0.25, 0.3) is 0 Å². The van der Waals surface area contributed by atoms with Crippen LogP contribution in [0.5, 0.6) is 0 Å². The molecule has 0 rings (SSSR count). The van der Waals surface area contributed by atoms with Crippen molar-refractivity contribution in [2.45, 2.75) is 0 Å². The monoisotopic (exact) mass is 136 g/mol. The molecule has 0 saturated carbocycles. The second kappa shape index (κ2) is 17.9. The van der Waals surface area contributed by atoms with E-state index in [4.69, 9.17) is 23.2 Å². The zero-order valence-electron chi connectivity index (χ0n) is 3.08. The highest BCUT2D eigenvalue weighted by Gasteiger charge is 1.61. The van der Waals surface area contributed by atoms with E-state index in [9.17, 15) is 0 Å². The Labute approximate surface area is 45.9 Å². The lowest BCUT2D eigenvalue weighted by molar-refractivity contribution is 0.824. The van der Waals surface area contributed by atoms with Crippen molar-refractivity contribution < 1.29 is 10.2 Å². The van der Waals surface area contributed by atoms with Crippen LogP contribution in [0.4, 0.5) is 4.70 Å². The lowest BCUT2D eigenvalue weighted by atomic mass is 11.0. The van der Waals surface area contributed by atoms with Gasteiger partial charge in [-0.3, -0.25) is 4.70 Å². The molecule has 6 heavy (non-hydrogen) atoms. The molecule has 0 heterocycles. The van der Waals surface area contributed by atoms with Gasteiger partial charge >= 0.3 is 0 Å². The summed E-state index contributed by atoms with van der Waals surface area (Å²) in [5.41, 5.74) is 0. The van der Waals surface area contributed by atoms with Gasteiger partial charge in [-0.1, -0.05) is 0 Å². The molecule has 0 saturated heterocycles. The van der Waals surface area contributed by atoms with E-state index >= 15 is 0 Å². The molecule has 1 nitrogen and oxygen atoms in total. The highest BCUT2D eigenvalue weighted by atomic mass is 35.5. The fourth-order valence-electron chi connectivity index (χ4n) is 0.